The lowest BCUT2D eigenvalue weighted by atomic mass is 10.2. The first-order chi connectivity index (χ1) is 5.27. The van der Waals surface area contributed by atoms with E-state index in [1.807, 2.05) is 0 Å². The first-order valence-electron chi connectivity index (χ1n) is 4.70. The summed E-state index contributed by atoms with van der Waals surface area (Å²) in [5, 5.41) is 1.67. The van der Waals surface area contributed by atoms with Gasteiger partial charge in [0.15, 0.2) is 0 Å². The van der Waals surface area contributed by atoms with Crippen LogP contribution in [0.2, 0.25) is 1.41 Å². The van der Waals surface area contributed by atoms with Gasteiger partial charge < -0.3 is 5.31 Å². The SMILES string of the molecule is [2H]N1CCC(N(CC)CC)C1. The molecule has 1 heterocycles. The molecule has 60 valence electrons. The maximum absolute atomic E-state index is 7.41. The zero-order valence-corrected chi connectivity index (χ0v) is 7.01. The Kier molecular flexibility index (Phi) is 2.61. The fraction of sp³-hybridized carbons (Fsp3) is 1.00. The number of nitrogens with zero attached hydrogens (tertiary/aromatic N) is 1. The molecule has 1 saturated heterocycles. The minimum Gasteiger partial charge on any atom is -0.315 e. The Labute approximate surface area is 65.1 Å². The number of hydrogen-bond donors (Lipinski definition) is 1. The Balaban J connectivity index is 2.34. The van der Waals surface area contributed by atoms with Crippen molar-refractivity contribution in [1.29, 1.82) is 0 Å². The Morgan fingerprint density at radius 1 is 1.60 bits per heavy atom. The van der Waals surface area contributed by atoms with Gasteiger partial charge in [-0.05, 0) is 26.1 Å². The third kappa shape index (κ3) is 1.70. The van der Waals surface area contributed by atoms with Gasteiger partial charge in [-0.15, -0.1) is 0 Å². The zero-order valence-electron chi connectivity index (χ0n) is 8.01. The first kappa shape index (κ1) is 6.62. The molecule has 0 aromatic carbocycles. The van der Waals surface area contributed by atoms with E-state index in [0.717, 1.165) is 26.2 Å². The number of likely N-dealkylation sites (N-methyl/N-ethyl adjacent to an activating group) is 1. The zero-order chi connectivity index (χ0) is 8.27. The molecule has 0 aromatic rings. The highest BCUT2D eigenvalue weighted by atomic mass is 15.2. The van der Waals surface area contributed by atoms with Gasteiger partial charge >= 0.3 is 0 Å². The Morgan fingerprint density at radius 3 is 2.70 bits per heavy atom. The number of hydrogen-bond acceptors (Lipinski definition) is 2. The highest BCUT2D eigenvalue weighted by molar-refractivity contribution is 4.78. The van der Waals surface area contributed by atoms with Gasteiger partial charge in [-0.25, -0.2) is 0 Å². The average Bonchev–Trinajstić information content (AvgIpc) is 2.39. The molecule has 1 fully saturated rings. The smallest absolute Gasteiger partial charge is 0.122 e. The summed E-state index contributed by atoms with van der Waals surface area (Å²) < 4.78 is 7.41. The third-order valence-electron chi connectivity index (χ3n) is 2.29. The second kappa shape index (κ2) is 3.94. The highest BCUT2D eigenvalue weighted by Gasteiger charge is 2.18. The van der Waals surface area contributed by atoms with E-state index in [4.69, 9.17) is 1.41 Å². The van der Waals surface area contributed by atoms with E-state index in [1.165, 1.54) is 6.42 Å². The summed E-state index contributed by atoms with van der Waals surface area (Å²) in [6.45, 7) is 8.50. The normalized spacial score (nSPS) is 29.5. The van der Waals surface area contributed by atoms with Gasteiger partial charge in [-0.2, -0.15) is 0 Å². The van der Waals surface area contributed by atoms with E-state index in [2.05, 4.69) is 18.7 Å². The fourth-order valence-corrected chi connectivity index (χ4v) is 1.61. The molecule has 2 heteroatoms. The van der Waals surface area contributed by atoms with E-state index >= 15 is 0 Å². The van der Waals surface area contributed by atoms with Crippen LogP contribution in [0, 0.1) is 0 Å². The van der Waals surface area contributed by atoms with Crippen LogP contribution in [0.15, 0.2) is 0 Å². The second-order valence-electron chi connectivity index (χ2n) is 2.79. The van der Waals surface area contributed by atoms with E-state index in [-0.39, 0.29) is 0 Å². The van der Waals surface area contributed by atoms with Crippen LogP contribution in [0.3, 0.4) is 0 Å². The molecular formula is C8H18N2. The van der Waals surface area contributed by atoms with Gasteiger partial charge in [-0.1, -0.05) is 13.8 Å². The summed E-state index contributed by atoms with van der Waals surface area (Å²) in [7, 11) is 0. The van der Waals surface area contributed by atoms with Crippen LogP contribution in [0.4, 0.5) is 0 Å². The van der Waals surface area contributed by atoms with Crippen LogP contribution in [0.25, 0.3) is 0 Å². The third-order valence-corrected chi connectivity index (χ3v) is 2.29. The Hall–Kier alpha value is -0.0800. The molecule has 2 nitrogen and oxygen atoms in total. The molecule has 0 amide bonds. The molecule has 0 aromatic heterocycles. The van der Waals surface area contributed by atoms with Crippen LogP contribution in [0.5, 0.6) is 0 Å². The predicted octanol–water partition coefficient (Wildman–Crippen LogP) is 0.690. The van der Waals surface area contributed by atoms with Crippen LogP contribution < -0.4 is 5.31 Å². The minimum atomic E-state index is 0.641. The standard InChI is InChI=1S/C8H18N2/c1-3-10(4-2)8-5-6-9-7-8/h8-9H,3-7H2,1-2H3/i/hD. The Morgan fingerprint density at radius 2 is 2.30 bits per heavy atom. The van der Waals surface area contributed by atoms with Gasteiger partial charge in [-0.3, -0.25) is 4.90 Å². The lowest BCUT2D eigenvalue weighted by Gasteiger charge is -2.24. The van der Waals surface area contributed by atoms with Gasteiger partial charge in [0.1, 0.15) is 1.41 Å². The molecule has 1 aliphatic heterocycles. The Bertz CT molecular complexity index is 115. The molecule has 1 rings (SSSR count). The van der Waals surface area contributed by atoms with Gasteiger partial charge in [0.25, 0.3) is 0 Å². The second-order valence-corrected chi connectivity index (χ2v) is 2.79. The summed E-state index contributed by atoms with van der Waals surface area (Å²) in [6.07, 6.45) is 1.17. The summed E-state index contributed by atoms with van der Waals surface area (Å²) in [5.41, 5.74) is 0. The molecule has 1 atom stereocenters. The van der Waals surface area contributed by atoms with E-state index in [0.29, 0.717) is 6.04 Å². The molecule has 0 spiro atoms. The molecule has 0 saturated carbocycles. The van der Waals surface area contributed by atoms with Gasteiger partial charge in [0, 0.05) is 12.6 Å². The van der Waals surface area contributed by atoms with Crippen LogP contribution in [-0.4, -0.2) is 37.1 Å². The monoisotopic (exact) mass is 143 g/mol. The fourth-order valence-electron chi connectivity index (χ4n) is 1.61. The average molecular weight is 143 g/mol. The quantitative estimate of drug-likeness (QED) is 0.625. The maximum Gasteiger partial charge on any atom is 0.122 e. The van der Waals surface area contributed by atoms with Crippen molar-refractivity contribution in [3.63, 3.8) is 0 Å². The topological polar surface area (TPSA) is 15.3 Å². The van der Waals surface area contributed by atoms with Crippen molar-refractivity contribution in [2.75, 3.05) is 26.2 Å². The molecule has 1 aliphatic rings. The van der Waals surface area contributed by atoms with Crippen molar-refractivity contribution in [2.45, 2.75) is 26.3 Å². The molecular weight excluding hydrogens is 124 g/mol. The van der Waals surface area contributed by atoms with Crippen molar-refractivity contribution < 1.29 is 1.41 Å². The highest BCUT2D eigenvalue weighted by Crippen LogP contribution is 2.06. The number of rotatable bonds is 3. The summed E-state index contributed by atoms with van der Waals surface area (Å²) in [5.74, 6) is 0. The van der Waals surface area contributed by atoms with Gasteiger partial charge in [0.2, 0.25) is 0 Å². The van der Waals surface area contributed by atoms with Crippen molar-refractivity contribution in [3.05, 3.63) is 0 Å². The number of nitrogens with one attached hydrogen (secondary N) is 1. The first-order valence-corrected chi connectivity index (χ1v) is 4.25. The summed E-state index contributed by atoms with van der Waals surface area (Å²) >= 11 is 0. The van der Waals surface area contributed by atoms with E-state index in [9.17, 15) is 0 Å². The predicted molar refractivity (Wildman–Crippen MR) is 44.2 cm³/mol. The molecule has 0 aliphatic carbocycles. The van der Waals surface area contributed by atoms with Crippen LogP contribution in [0.1, 0.15) is 20.3 Å². The van der Waals surface area contributed by atoms with Crippen molar-refractivity contribution in [1.82, 2.24) is 10.2 Å². The van der Waals surface area contributed by atoms with Crippen molar-refractivity contribution >= 4 is 0 Å². The van der Waals surface area contributed by atoms with Crippen LogP contribution >= 0.6 is 0 Å². The van der Waals surface area contributed by atoms with E-state index < -0.39 is 0 Å². The van der Waals surface area contributed by atoms with Crippen molar-refractivity contribution in [2.24, 2.45) is 0 Å². The van der Waals surface area contributed by atoms with Gasteiger partial charge in [0.05, 0.1) is 0 Å². The lowest BCUT2D eigenvalue weighted by Crippen LogP contribution is -2.36. The summed E-state index contributed by atoms with van der Waals surface area (Å²) in [4.78, 5) is 2.44. The molecule has 10 heavy (non-hydrogen) atoms. The van der Waals surface area contributed by atoms with Crippen molar-refractivity contribution in [3.8, 4) is 0 Å². The molecule has 0 bridgehead atoms. The van der Waals surface area contributed by atoms with E-state index in [1.54, 1.807) is 5.31 Å². The maximum atomic E-state index is 7.41. The lowest BCUT2D eigenvalue weighted by molar-refractivity contribution is 0.231. The van der Waals surface area contributed by atoms with Crippen LogP contribution in [-0.2, 0) is 0 Å². The molecule has 1 unspecified atom stereocenters. The molecule has 0 radical (unpaired) electrons. The molecule has 1 N–H and O–H groups in total. The largest absolute Gasteiger partial charge is 0.315 e. The summed E-state index contributed by atoms with van der Waals surface area (Å²) in [6, 6.07) is 0.641. The minimum absolute atomic E-state index is 0.641.